The minimum Gasteiger partial charge on any atom is -0.483 e. The van der Waals surface area contributed by atoms with Gasteiger partial charge in [0.25, 0.3) is 0 Å². The zero-order chi connectivity index (χ0) is 25.6. The van der Waals surface area contributed by atoms with E-state index in [0.717, 1.165) is 17.8 Å². The number of nitrogen functional groups attached to an aromatic ring is 1. The average molecular weight is 492 g/mol. The van der Waals surface area contributed by atoms with E-state index in [-0.39, 0.29) is 30.4 Å². The number of nitrogens with zero attached hydrogens (tertiary/aromatic N) is 7. The summed E-state index contributed by atoms with van der Waals surface area (Å²) in [5.74, 6) is -0.806. The van der Waals surface area contributed by atoms with E-state index in [2.05, 4.69) is 15.2 Å². The summed E-state index contributed by atoms with van der Waals surface area (Å²) in [5, 5.41) is 18.7. The summed E-state index contributed by atoms with van der Waals surface area (Å²) >= 11 is 0. The fourth-order valence-corrected chi connectivity index (χ4v) is 4.39. The first-order chi connectivity index (χ1) is 17.2. The van der Waals surface area contributed by atoms with Gasteiger partial charge in [-0.2, -0.15) is 15.5 Å². The first-order valence-electron chi connectivity index (χ1n) is 11.2. The number of aryl methyl sites for hydroxylation is 1. The topological polar surface area (TPSA) is 126 Å². The molecule has 5 rings (SSSR count). The normalized spacial score (nSPS) is 17.2. The highest BCUT2D eigenvalue weighted by molar-refractivity contribution is 5.79. The number of anilines is 1. The lowest BCUT2D eigenvalue weighted by atomic mass is 10.0. The van der Waals surface area contributed by atoms with Crippen LogP contribution in [0.2, 0.25) is 0 Å². The van der Waals surface area contributed by atoms with Gasteiger partial charge in [-0.05, 0) is 30.7 Å². The smallest absolute Gasteiger partial charge is 0.341 e. The molecule has 2 amide bonds. The Labute approximate surface area is 205 Å². The highest BCUT2D eigenvalue weighted by atomic mass is 19.1. The number of amides is 2. The van der Waals surface area contributed by atoms with Crippen molar-refractivity contribution in [3.8, 4) is 23.2 Å². The zero-order valence-corrected chi connectivity index (χ0v) is 19.5. The van der Waals surface area contributed by atoms with E-state index >= 15 is 0 Å². The van der Waals surface area contributed by atoms with E-state index in [9.17, 15) is 13.6 Å². The van der Waals surface area contributed by atoms with Crippen molar-refractivity contribution < 1.29 is 18.3 Å². The van der Waals surface area contributed by atoms with Gasteiger partial charge in [-0.15, -0.1) is 0 Å². The van der Waals surface area contributed by atoms with Crippen molar-refractivity contribution in [2.24, 2.45) is 12.1 Å². The number of ether oxygens (including phenoxy) is 1. The molecular formula is C24H22F2N8O2. The number of aromatic nitrogens is 3. The van der Waals surface area contributed by atoms with E-state index in [1.54, 1.807) is 30.9 Å². The van der Waals surface area contributed by atoms with Crippen molar-refractivity contribution in [1.82, 2.24) is 24.7 Å². The van der Waals surface area contributed by atoms with Crippen LogP contribution in [0.3, 0.4) is 0 Å². The quantitative estimate of drug-likeness (QED) is 0.596. The van der Waals surface area contributed by atoms with Crippen molar-refractivity contribution in [3.63, 3.8) is 0 Å². The lowest BCUT2D eigenvalue weighted by Gasteiger charge is -2.41. The van der Waals surface area contributed by atoms with Gasteiger partial charge >= 0.3 is 6.03 Å². The van der Waals surface area contributed by atoms with Gasteiger partial charge in [0.15, 0.2) is 11.6 Å². The summed E-state index contributed by atoms with van der Waals surface area (Å²) in [6, 6.07) is 6.48. The molecule has 3 aromatic rings. The molecule has 2 aliphatic heterocycles. The van der Waals surface area contributed by atoms with Gasteiger partial charge in [-0.1, -0.05) is 0 Å². The van der Waals surface area contributed by atoms with Crippen LogP contribution in [-0.4, -0.2) is 56.1 Å². The molecule has 2 aliphatic rings. The second-order valence-corrected chi connectivity index (χ2v) is 8.69. The largest absolute Gasteiger partial charge is 0.483 e. The third-order valence-corrected chi connectivity index (χ3v) is 6.26. The van der Waals surface area contributed by atoms with Gasteiger partial charge < -0.3 is 15.4 Å². The Bertz CT molecular complexity index is 1420. The Balaban J connectivity index is 1.26. The predicted octanol–water partition coefficient (Wildman–Crippen LogP) is 3.14. The van der Waals surface area contributed by atoms with Crippen LogP contribution in [0.1, 0.15) is 29.2 Å². The van der Waals surface area contributed by atoms with Gasteiger partial charge in [0.1, 0.15) is 17.7 Å². The molecule has 36 heavy (non-hydrogen) atoms. The van der Waals surface area contributed by atoms with Crippen LogP contribution in [0.4, 0.5) is 19.4 Å². The summed E-state index contributed by atoms with van der Waals surface area (Å²) in [6.07, 6.45) is 2.62. The molecule has 1 atom stereocenters. The monoisotopic (exact) mass is 492 g/mol. The first-order valence-corrected chi connectivity index (χ1v) is 11.2. The zero-order valence-electron chi connectivity index (χ0n) is 19.5. The molecule has 1 fully saturated rings. The summed E-state index contributed by atoms with van der Waals surface area (Å²) in [4.78, 5) is 18.7. The molecule has 10 nitrogen and oxygen atoms in total. The molecule has 2 aromatic heterocycles. The van der Waals surface area contributed by atoms with Crippen LogP contribution in [0.15, 0.2) is 35.6 Å². The number of benzene rings is 1. The predicted molar refractivity (Wildman–Crippen MR) is 126 cm³/mol. The Morgan fingerprint density at radius 3 is 2.72 bits per heavy atom. The Morgan fingerprint density at radius 2 is 2.03 bits per heavy atom. The highest BCUT2D eigenvalue weighted by Gasteiger charge is 2.39. The molecule has 0 unspecified atom stereocenters. The van der Waals surface area contributed by atoms with Crippen molar-refractivity contribution in [1.29, 1.82) is 5.26 Å². The van der Waals surface area contributed by atoms with Gasteiger partial charge in [0.05, 0.1) is 48.3 Å². The fraction of sp³-hybridized carbons (Fsp3) is 0.292. The number of urea groups is 1. The first kappa shape index (κ1) is 23.2. The highest BCUT2D eigenvalue weighted by Crippen LogP contribution is 2.33. The van der Waals surface area contributed by atoms with Gasteiger partial charge in [-0.25, -0.2) is 18.6 Å². The second-order valence-electron chi connectivity index (χ2n) is 8.69. The van der Waals surface area contributed by atoms with Crippen LogP contribution in [0, 0.1) is 29.9 Å². The fourth-order valence-electron chi connectivity index (χ4n) is 4.39. The van der Waals surface area contributed by atoms with Crippen molar-refractivity contribution in [2.75, 3.05) is 18.8 Å². The number of pyridine rings is 1. The van der Waals surface area contributed by atoms with Crippen molar-refractivity contribution in [3.05, 3.63) is 58.8 Å². The number of carbonyl (C=O) groups excluding carboxylic acids is 1. The number of nitrogens with two attached hydrogens (primary N) is 1. The van der Waals surface area contributed by atoms with Crippen LogP contribution in [0.5, 0.6) is 5.75 Å². The molecule has 12 heteroatoms. The maximum Gasteiger partial charge on any atom is 0.341 e. The third kappa shape index (κ3) is 4.08. The van der Waals surface area contributed by atoms with E-state index in [1.807, 2.05) is 6.07 Å². The molecule has 0 saturated carbocycles. The Morgan fingerprint density at radius 1 is 1.25 bits per heavy atom. The molecule has 1 aromatic carbocycles. The summed E-state index contributed by atoms with van der Waals surface area (Å²) in [5.41, 5.74) is 8.37. The number of halogens is 2. The van der Waals surface area contributed by atoms with Crippen LogP contribution in [-0.2, 0) is 7.05 Å². The van der Waals surface area contributed by atoms with E-state index in [1.165, 1.54) is 22.0 Å². The maximum atomic E-state index is 14.5. The minimum absolute atomic E-state index is 0.0112. The second kappa shape index (κ2) is 8.92. The van der Waals surface area contributed by atoms with Crippen LogP contribution in [0.25, 0.3) is 11.4 Å². The molecule has 4 heterocycles. The third-order valence-electron chi connectivity index (χ3n) is 6.26. The molecule has 2 N–H and O–H groups in total. The SMILES string of the molecule is Cc1c(N)nn(C)c1-c1cc(OC2CN(C(=O)N3N=CC[C@H]3c3cc(F)cc(C#N)c3)C2)c(F)cn1. The molecule has 0 radical (unpaired) electrons. The number of likely N-dealkylation sites (tertiary alicyclic amines) is 1. The van der Waals surface area contributed by atoms with Crippen molar-refractivity contribution >= 4 is 18.1 Å². The lowest BCUT2D eigenvalue weighted by Crippen LogP contribution is -2.58. The number of rotatable bonds is 4. The molecule has 184 valence electrons. The number of hydrogen-bond donors (Lipinski definition) is 1. The van der Waals surface area contributed by atoms with Crippen molar-refractivity contribution in [2.45, 2.75) is 25.5 Å². The van der Waals surface area contributed by atoms with Crippen LogP contribution < -0.4 is 10.5 Å². The number of carbonyl (C=O) groups is 1. The standard InChI is InChI=1S/C24H22F2N8O2/c1-13-22(32(2)31-23(13)28)19-8-21(18(26)10-29-19)36-17-11-33(12-17)24(35)34-20(3-4-30-34)15-5-14(9-27)6-16(25)7-15/h4-8,10,17,20H,3,11-12H2,1-2H3,(H2,28,31)/t20-/m0/s1. The van der Waals surface area contributed by atoms with Crippen LogP contribution >= 0.6 is 0 Å². The molecule has 0 spiro atoms. The summed E-state index contributed by atoms with van der Waals surface area (Å²) < 4.78 is 35.8. The summed E-state index contributed by atoms with van der Waals surface area (Å²) in [6.45, 7) is 2.25. The number of hydrogen-bond acceptors (Lipinski definition) is 7. The Hall–Kier alpha value is -4.53. The number of hydrazone groups is 1. The minimum atomic E-state index is -0.625. The molecule has 0 bridgehead atoms. The lowest BCUT2D eigenvalue weighted by molar-refractivity contribution is 0.0257. The van der Waals surface area contributed by atoms with E-state index in [4.69, 9.17) is 15.7 Å². The summed E-state index contributed by atoms with van der Waals surface area (Å²) in [7, 11) is 1.72. The van der Waals surface area contributed by atoms with Gasteiger partial charge in [0.2, 0.25) is 0 Å². The maximum absolute atomic E-state index is 14.5. The number of nitriles is 1. The Kier molecular flexibility index (Phi) is 5.75. The molecular weight excluding hydrogens is 470 g/mol. The van der Waals surface area contributed by atoms with Gasteiger partial charge in [0, 0.05) is 31.3 Å². The van der Waals surface area contributed by atoms with Gasteiger partial charge in [-0.3, -0.25) is 9.67 Å². The van der Waals surface area contributed by atoms with E-state index < -0.39 is 23.8 Å². The van der Waals surface area contributed by atoms with E-state index in [0.29, 0.717) is 29.2 Å². The average Bonchev–Trinajstić information content (AvgIpc) is 3.41. The molecule has 0 aliphatic carbocycles. The molecule has 1 saturated heterocycles.